The van der Waals surface area contributed by atoms with Gasteiger partial charge < -0.3 is 5.32 Å². The third-order valence-corrected chi connectivity index (χ3v) is 5.97. The first-order valence-corrected chi connectivity index (χ1v) is 8.81. The van der Waals surface area contributed by atoms with Gasteiger partial charge in [-0.25, -0.2) is 4.98 Å². The lowest BCUT2D eigenvalue weighted by Gasteiger charge is -2.14. The molecule has 0 aliphatic carbocycles. The molecule has 0 fully saturated rings. The Hall–Kier alpha value is -0.710. The summed E-state index contributed by atoms with van der Waals surface area (Å²) in [6.45, 7) is 12.1. The highest BCUT2D eigenvalue weighted by molar-refractivity contribution is 7.12. The lowest BCUT2D eigenvalue weighted by molar-refractivity contribution is 0.579. The number of thiazole rings is 1. The first kappa shape index (κ1) is 15.7. The molecule has 0 radical (unpaired) electrons. The van der Waals surface area contributed by atoms with Crippen molar-refractivity contribution in [2.75, 3.05) is 6.54 Å². The summed E-state index contributed by atoms with van der Waals surface area (Å²) in [5, 5.41) is 6.99. The second kappa shape index (κ2) is 6.37. The number of hydrogen-bond donors (Lipinski definition) is 1. The van der Waals surface area contributed by atoms with Gasteiger partial charge in [0.2, 0.25) is 0 Å². The van der Waals surface area contributed by atoms with Gasteiger partial charge >= 0.3 is 0 Å². The minimum absolute atomic E-state index is 0.143. The van der Waals surface area contributed by atoms with E-state index in [9.17, 15) is 0 Å². The number of thiophene rings is 1. The van der Waals surface area contributed by atoms with Crippen LogP contribution in [0.15, 0.2) is 17.5 Å². The molecule has 2 heterocycles. The third kappa shape index (κ3) is 3.90. The van der Waals surface area contributed by atoms with Gasteiger partial charge in [0.1, 0.15) is 0 Å². The maximum atomic E-state index is 4.74. The van der Waals surface area contributed by atoms with E-state index in [1.54, 1.807) is 0 Å². The van der Waals surface area contributed by atoms with E-state index in [0.29, 0.717) is 6.04 Å². The fourth-order valence-corrected chi connectivity index (χ4v) is 3.95. The quantitative estimate of drug-likeness (QED) is 0.865. The Kier molecular flexibility index (Phi) is 4.99. The molecule has 2 nitrogen and oxygen atoms in total. The molecular weight excluding hydrogens is 284 g/mol. The normalized spacial score (nSPS) is 13.7. The SMILES string of the molecule is Cc1nc(C(C)(C)C)sc1[C@@H](C)NCCc1cccs1. The molecule has 0 aliphatic heterocycles. The lowest BCUT2D eigenvalue weighted by atomic mass is 9.98. The van der Waals surface area contributed by atoms with Crippen LogP contribution in [0.1, 0.15) is 54.2 Å². The monoisotopic (exact) mass is 308 g/mol. The summed E-state index contributed by atoms with van der Waals surface area (Å²) >= 11 is 3.68. The van der Waals surface area contributed by atoms with Crippen LogP contribution < -0.4 is 5.32 Å². The summed E-state index contributed by atoms with van der Waals surface area (Å²) in [6, 6.07) is 4.70. The van der Waals surface area contributed by atoms with E-state index >= 15 is 0 Å². The summed E-state index contributed by atoms with van der Waals surface area (Å²) < 4.78 is 0. The van der Waals surface area contributed by atoms with Gasteiger partial charge in [0.05, 0.1) is 10.7 Å². The average molecular weight is 309 g/mol. The molecule has 2 aromatic heterocycles. The largest absolute Gasteiger partial charge is 0.309 e. The van der Waals surface area contributed by atoms with Gasteiger partial charge in [0, 0.05) is 27.8 Å². The maximum Gasteiger partial charge on any atom is 0.0985 e. The van der Waals surface area contributed by atoms with Crippen LogP contribution in [-0.4, -0.2) is 11.5 Å². The number of nitrogens with one attached hydrogen (secondary N) is 1. The van der Waals surface area contributed by atoms with E-state index in [1.807, 2.05) is 22.7 Å². The summed E-state index contributed by atoms with van der Waals surface area (Å²) in [5.41, 5.74) is 1.32. The van der Waals surface area contributed by atoms with Crippen LogP contribution >= 0.6 is 22.7 Å². The Morgan fingerprint density at radius 1 is 1.35 bits per heavy atom. The Labute approximate surface area is 130 Å². The van der Waals surface area contributed by atoms with Crippen molar-refractivity contribution in [3.63, 3.8) is 0 Å². The van der Waals surface area contributed by atoms with Crippen LogP contribution in [0, 0.1) is 6.92 Å². The highest BCUT2D eigenvalue weighted by Gasteiger charge is 2.22. The summed E-state index contributed by atoms with van der Waals surface area (Å²) in [4.78, 5) is 7.56. The van der Waals surface area contributed by atoms with Crippen LogP contribution in [-0.2, 0) is 11.8 Å². The fourth-order valence-electron chi connectivity index (χ4n) is 2.09. The molecule has 0 unspecified atom stereocenters. The van der Waals surface area contributed by atoms with Crippen molar-refractivity contribution in [3.05, 3.63) is 38.0 Å². The van der Waals surface area contributed by atoms with Gasteiger partial charge in [0.25, 0.3) is 0 Å². The Bertz CT molecular complexity index is 535. The van der Waals surface area contributed by atoms with E-state index in [0.717, 1.165) is 13.0 Å². The molecule has 20 heavy (non-hydrogen) atoms. The van der Waals surface area contributed by atoms with E-state index in [1.165, 1.54) is 20.5 Å². The number of aryl methyl sites for hydroxylation is 1. The van der Waals surface area contributed by atoms with Crippen molar-refractivity contribution in [1.29, 1.82) is 0 Å². The van der Waals surface area contributed by atoms with Gasteiger partial charge in [-0.05, 0) is 31.7 Å². The summed E-state index contributed by atoms with van der Waals surface area (Å²) in [6.07, 6.45) is 1.10. The second-order valence-electron chi connectivity index (χ2n) is 6.22. The number of aromatic nitrogens is 1. The summed E-state index contributed by atoms with van der Waals surface area (Å²) in [5.74, 6) is 0. The molecule has 1 atom stereocenters. The molecule has 0 saturated carbocycles. The van der Waals surface area contributed by atoms with Crippen molar-refractivity contribution >= 4 is 22.7 Å². The van der Waals surface area contributed by atoms with E-state index in [-0.39, 0.29) is 5.41 Å². The van der Waals surface area contributed by atoms with Crippen LogP contribution in [0.4, 0.5) is 0 Å². The third-order valence-electron chi connectivity index (χ3n) is 3.27. The molecule has 0 spiro atoms. The number of nitrogens with zero attached hydrogens (tertiary/aromatic N) is 1. The summed E-state index contributed by atoms with van der Waals surface area (Å²) in [7, 11) is 0. The lowest BCUT2D eigenvalue weighted by Crippen LogP contribution is -2.20. The van der Waals surface area contributed by atoms with Crippen LogP contribution in [0.2, 0.25) is 0 Å². The number of hydrogen-bond acceptors (Lipinski definition) is 4. The molecule has 0 bridgehead atoms. The molecular formula is C16H24N2S2. The van der Waals surface area contributed by atoms with Crippen molar-refractivity contribution < 1.29 is 0 Å². The van der Waals surface area contributed by atoms with Crippen LogP contribution in [0.3, 0.4) is 0 Å². The highest BCUT2D eigenvalue weighted by atomic mass is 32.1. The van der Waals surface area contributed by atoms with E-state index in [2.05, 4.69) is 57.4 Å². The van der Waals surface area contributed by atoms with Gasteiger partial charge in [-0.15, -0.1) is 22.7 Å². The van der Waals surface area contributed by atoms with Crippen molar-refractivity contribution in [2.45, 2.75) is 52.5 Å². The van der Waals surface area contributed by atoms with Crippen molar-refractivity contribution in [3.8, 4) is 0 Å². The van der Waals surface area contributed by atoms with E-state index in [4.69, 9.17) is 4.98 Å². The Balaban J connectivity index is 1.95. The predicted octanol–water partition coefficient (Wildman–Crippen LogP) is 4.70. The zero-order chi connectivity index (χ0) is 14.8. The zero-order valence-corrected chi connectivity index (χ0v) is 14.6. The van der Waals surface area contributed by atoms with Gasteiger partial charge in [-0.2, -0.15) is 0 Å². The molecule has 4 heteroatoms. The van der Waals surface area contributed by atoms with Gasteiger partial charge in [-0.3, -0.25) is 0 Å². The Morgan fingerprint density at radius 2 is 2.10 bits per heavy atom. The van der Waals surface area contributed by atoms with Crippen LogP contribution in [0.5, 0.6) is 0 Å². The molecule has 110 valence electrons. The molecule has 2 aromatic rings. The number of rotatable bonds is 5. The highest BCUT2D eigenvalue weighted by Crippen LogP contribution is 2.32. The predicted molar refractivity (Wildman–Crippen MR) is 90.0 cm³/mol. The molecule has 0 saturated heterocycles. The van der Waals surface area contributed by atoms with Gasteiger partial charge in [0.15, 0.2) is 0 Å². The first-order valence-electron chi connectivity index (χ1n) is 7.11. The molecule has 1 N–H and O–H groups in total. The molecule has 0 amide bonds. The van der Waals surface area contributed by atoms with E-state index < -0.39 is 0 Å². The minimum atomic E-state index is 0.143. The minimum Gasteiger partial charge on any atom is -0.309 e. The van der Waals surface area contributed by atoms with Crippen molar-refractivity contribution in [2.24, 2.45) is 0 Å². The van der Waals surface area contributed by atoms with Gasteiger partial charge in [-0.1, -0.05) is 26.8 Å². The van der Waals surface area contributed by atoms with Crippen molar-refractivity contribution in [1.82, 2.24) is 10.3 Å². The first-order chi connectivity index (χ1) is 9.38. The fraction of sp³-hybridized carbons (Fsp3) is 0.562. The molecule has 0 aromatic carbocycles. The smallest absolute Gasteiger partial charge is 0.0985 e. The molecule has 0 aliphatic rings. The van der Waals surface area contributed by atoms with Crippen LogP contribution in [0.25, 0.3) is 0 Å². The average Bonchev–Trinajstić information content (AvgIpc) is 2.97. The molecule has 2 rings (SSSR count). The maximum absolute atomic E-state index is 4.74. The standard InChI is InChI=1S/C16H24N2S2/c1-11(17-9-8-13-7-6-10-19-13)14-12(2)18-15(20-14)16(3,4)5/h6-7,10-11,17H,8-9H2,1-5H3/t11-/m1/s1. The second-order valence-corrected chi connectivity index (χ2v) is 8.29. The topological polar surface area (TPSA) is 24.9 Å². The Morgan fingerprint density at radius 3 is 2.65 bits per heavy atom. The zero-order valence-electron chi connectivity index (χ0n) is 13.0.